The number of primary amides is 1. The van der Waals surface area contributed by atoms with Gasteiger partial charge in [-0.15, -0.1) is 0 Å². The number of oxazole rings is 1. The van der Waals surface area contributed by atoms with E-state index in [0.717, 1.165) is 5.56 Å². The monoisotopic (exact) mass is 357 g/mol. The van der Waals surface area contributed by atoms with Crippen LogP contribution in [-0.2, 0) is 10.0 Å². The first-order chi connectivity index (χ1) is 11.9. The van der Waals surface area contributed by atoms with E-state index in [9.17, 15) is 13.2 Å². The summed E-state index contributed by atoms with van der Waals surface area (Å²) in [4.78, 5) is 15.7. The van der Waals surface area contributed by atoms with Crippen LogP contribution in [0.2, 0.25) is 0 Å². The van der Waals surface area contributed by atoms with Gasteiger partial charge in [-0.3, -0.25) is 9.52 Å². The normalized spacial score (nSPS) is 11.2. The maximum absolute atomic E-state index is 12.5. The van der Waals surface area contributed by atoms with E-state index in [1.165, 1.54) is 30.5 Å². The number of nitrogens with zero attached hydrogens (tertiary/aromatic N) is 1. The van der Waals surface area contributed by atoms with Crippen LogP contribution < -0.4 is 10.5 Å². The molecule has 0 saturated carbocycles. The van der Waals surface area contributed by atoms with Gasteiger partial charge in [0.05, 0.1) is 16.1 Å². The largest absolute Gasteiger partial charge is 0.449 e. The lowest BCUT2D eigenvalue weighted by Gasteiger charge is -2.11. The summed E-state index contributed by atoms with van der Waals surface area (Å²) in [5, 5.41) is 0. The molecule has 8 heteroatoms. The van der Waals surface area contributed by atoms with Crippen molar-refractivity contribution in [2.45, 2.75) is 11.8 Å². The van der Waals surface area contributed by atoms with E-state index in [1.807, 2.05) is 0 Å². The Hall–Kier alpha value is -3.13. The fourth-order valence-corrected chi connectivity index (χ4v) is 3.37. The first kappa shape index (κ1) is 16.7. The van der Waals surface area contributed by atoms with Crippen LogP contribution in [0.4, 0.5) is 5.69 Å². The van der Waals surface area contributed by atoms with E-state index >= 15 is 0 Å². The molecule has 25 heavy (non-hydrogen) atoms. The molecule has 0 aliphatic rings. The zero-order valence-electron chi connectivity index (χ0n) is 13.3. The number of anilines is 1. The molecule has 1 amide bonds. The van der Waals surface area contributed by atoms with Crippen molar-refractivity contribution in [2.24, 2.45) is 5.73 Å². The SMILES string of the molecule is Cc1nc(-c2ccc(S(=O)(=O)Nc3ccccc3C(N)=O)cc2)co1. The number of aromatic nitrogens is 1. The Bertz CT molecular complexity index is 1020. The smallest absolute Gasteiger partial charge is 0.261 e. The van der Waals surface area contributed by atoms with Crippen molar-refractivity contribution >= 4 is 21.6 Å². The summed E-state index contributed by atoms with van der Waals surface area (Å²) in [6, 6.07) is 12.3. The standard InChI is InChI=1S/C17H15N3O4S/c1-11-19-16(10-24-11)12-6-8-13(9-7-12)25(22,23)20-15-5-3-2-4-14(15)17(18)21/h2-10,20H,1H3,(H2,18,21). The summed E-state index contributed by atoms with van der Waals surface area (Å²) >= 11 is 0. The molecule has 0 fully saturated rings. The molecule has 3 rings (SSSR count). The molecular weight excluding hydrogens is 342 g/mol. The Morgan fingerprint density at radius 1 is 1.12 bits per heavy atom. The highest BCUT2D eigenvalue weighted by atomic mass is 32.2. The minimum Gasteiger partial charge on any atom is -0.449 e. The van der Waals surface area contributed by atoms with Gasteiger partial charge in [0, 0.05) is 12.5 Å². The highest BCUT2D eigenvalue weighted by molar-refractivity contribution is 7.92. The van der Waals surface area contributed by atoms with Crippen molar-refractivity contribution in [3.05, 3.63) is 66.2 Å². The number of carbonyl (C=O) groups is 1. The van der Waals surface area contributed by atoms with Gasteiger partial charge in [-0.25, -0.2) is 13.4 Å². The lowest BCUT2D eigenvalue weighted by Crippen LogP contribution is -2.18. The molecule has 0 unspecified atom stereocenters. The molecule has 128 valence electrons. The van der Waals surface area contributed by atoms with E-state index in [1.54, 1.807) is 31.2 Å². The Balaban J connectivity index is 1.89. The van der Waals surface area contributed by atoms with Crippen LogP contribution >= 0.6 is 0 Å². The number of amides is 1. The summed E-state index contributed by atoms with van der Waals surface area (Å²) in [6.07, 6.45) is 1.50. The van der Waals surface area contributed by atoms with Gasteiger partial charge in [-0.1, -0.05) is 24.3 Å². The number of nitrogens with one attached hydrogen (secondary N) is 1. The fourth-order valence-electron chi connectivity index (χ4n) is 2.29. The number of aryl methyl sites for hydroxylation is 1. The van der Waals surface area contributed by atoms with E-state index < -0.39 is 15.9 Å². The molecule has 1 heterocycles. The van der Waals surface area contributed by atoms with Gasteiger partial charge in [0.25, 0.3) is 15.9 Å². The van der Waals surface area contributed by atoms with Gasteiger partial charge in [-0.2, -0.15) is 0 Å². The van der Waals surface area contributed by atoms with E-state index in [-0.39, 0.29) is 16.1 Å². The van der Waals surface area contributed by atoms with Gasteiger partial charge in [0.2, 0.25) is 0 Å². The van der Waals surface area contributed by atoms with Crippen molar-refractivity contribution in [1.82, 2.24) is 4.98 Å². The molecule has 0 atom stereocenters. The van der Waals surface area contributed by atoms with Crippen LogP contribution in [0.1, 0.15) is 16.2 Å². The summed E-state index contributed by atoms with van der Waals surface area (Å²) in [6.45, 7) is 1.72. The Kier molecular flexibility index (Phi) is 4.28. The second-order valence-electron chi connectivity index (χ2n) is 5.29. The Morgan fingerprint density at radius 3 is 2.40 bits per heavy atom. The third kappa shape index (κ3) is 3.53. The number of para-hydroxylation sites is 1. The summed E-state index contributed by atoms with van der Waals surface area (Å²) < 4.78 is 32.6. The van der Waals surface area contributed by atoms with E-state index in [2.05, 4.69) is 9.71 Å². The molecule has 1 aromatic heterocycles. The lowest BCUT2D eigenvalue weighted by atomic mass is 10.2. The first-order valence-electron chi connectivity index (χ1n) is 7.31. The number of hydrogen-bond acceptors (Lipinski definition) is 5. The highest BCUT2D eigenvalue weighted by Crippen LogP contribution is 2.23. The highest BCUT2D eigenvalue weighted by Gasteiger charge is 2.18. The predicted octanol–water partition coefficient (Wildman–Crippen LogP) is 2.55. The number of rotatable bonds is 5. The summed E-state index contributed by atoms with van der Waals surface area (Å²) in [5.41, 5.74) is 6.85. The average Bonchev–Trinajstić information content (AvgIpc) is 3.01. The zero-order valence-corrected chi connectivity index (χ0v) is 14.1. The number of benzene rings is 2. The minimum absolute atomic E-state index is 0.0516. The van der Waals surface area contributed by atoms with Crippen LogP contribution in [0.15, 0.2) is 64.1 Å². The molecule has 7 nitrogen and oxygen atoms in total. The fraction of sp³-hybridized carbons (Fsp3) is 0.0588. The lowest BCUT2D eigenvalue weighted by molar-refractivity contribution is 0.100. The molecule has 2 aromatic carbocycles. The average molecular weight is 357 g/mol. The molecule has 0 aliphatic heterocycles. The third-order valence-corrected chi connectivity index (χ3v) is 4.90. The molecule has 3 N–H and O–H groups in total. The maximum atomic E-state index is 12.5. The van der Waals surface area contributed by atoms with Crippen LogP contribution in [0.3, 0.4) is 0 Å². The van der Waals surface area contributed by atoms with Gasteiger partial charge in [0.15, 0.2) is 5.89 Å². The van der Waals surface area contributed by atoms with Crippen molar-refractivity contribution in [3.63, 3.8) is 0 Å². The number of nitrogens with two attached hydrogens (primary N) is 1. The van der Waals surface area contributed by atoms with E-state index in [0.29, 0.717) is 11.6 Å². The van der Waals surface area contributed by atoms with Gasteiger partial charge >= 0.3 is 0 Å². The van der Waals surface area contributed by atoms with Crippen LogP contribution in [0, 0.1) is 6.92 Å². The topological polar surface area (TPSA) is 115 Å². The van der Waals surface area contributed by atoms with Crippen molar-refractivity contribution in [3.8, 4) is 11.3 Å². The second kappa shape index (κ2) is 6.40. The predicted molar refractivity (Wildman–Crippen MR) is 92.4 cm³/mol. The van der Waals surface area contributed by atoms with Gasteiger partial charge in [0.1, 0.15) is 12.0 Å². The number of sulfonamides is 1. The Morgan fingerprint density at radius 2 is 1.80 bits per heavy atom. The van der Waals surface area contributed by atoms with Gasteiger partial charge < -0.3 is 10.2 Å². The van der Waals surface area contributed by atoms with E-state index in [4.69, 9.17) is 10.2 Å². The molecule has 0 bridgehead atoms. The van der Waals surface area contributed by atoms with Crippen LogP contribution in [0.5, 0.6) is 0 Å². The summed E-state index contributed by atoms with van der Waals surface area (Å²) in [7, 11) is -3.86. The molecule has 0 saturated heterocycles. The minimum atomic E-state index is -3.86. The Labute approximate surface area is 144 Å². The van der Waals surface area contributed by atoms with Crippen LogP contribution in [0.25, 0.3) is 11.3 Å². The molecule has 0 aliphatic carbocycles. The molecule has 3 aromatic rings. The third-order valence-electron chi connectivity index (χ3n) is 3.52. The summed E-state index contributed by atoms with van der Waals surface area (Å²) in [5.74, 6) is -0.188. The van der Waals surface area contributed by atoms with Gasteiger partial charge in [-0.05, 0) is 24.3 Å². The molecular formula is C17H15N3O4S. The van der Waals surface area contributed by atoms with Crippen molar-refractivity contribution < 1.29 is 17.6 Å². The zero-order chi connectivity index (χ0) is 18.0. The van der Waals surface area contributed by atoms with Crippen molar-refractivity contribution in [2.75, 3.05) is 4.72 Å². The quantitative estimate of drug-likeness (QED) is 0.728. The maximum Gasteiger partial charge on any atom is 0.261 e. The second-order valence-corrected chi connectivity index (χ2v) is 6.97. The first-order valence-corrected chi connectivity index (χ1v) is 8.79. The molecule has 0 spiro atoms. The number of carbonyl (C=O) groups excluding carboxylic acids is 1. The number of hydrogen-bond donors (Lipinski definition) is 2. The van der Waals surface area contributed by atoms with Crippen LogP contribution in [-0.4, -0.2) is 19.3 Å². The van der Waals surface area contributed by atoms with Crippen molar-refractivity contribution in [1.29, 1.82) is 0 Å². The molecule has 0 radical (unpaired) electrons.